The van der Waals surface area contributed by atoms with Crippen LogP contribution in [0.15, 0.2) is 65.3 Å². The van der Waals surface area contributed by atoms with Gasteiger partial charge in [0.05, 0.1) is 17.8 Å². The van der Waals surface area contributed by atoms with Crippen LogP contribution in [0.2, 0.25) is 0 Å². The van der Waals surface area contributed by atoms with Crippen molar-refractivity contribution in [3.8, 4) is 0 Å². The molecule has 0 aliphatic rings. The molecule has 3 aromatic rings. The van der Waals surface area contributed by atoms with Crippen LogP contribution in [-0.2, 0) is 24.5 Å². The number of hydrogen-bond acceptors (Lipinski definition) is 6. The Kier molecular flexibility index (Phi) is 6.82. The standard InChI is InChI=1S/C22H23N3O5/c1-24(2)20-9-8-18(12-21(20)25(27)28)22(26)23-13-16-5-3-6-17(11-16)14-29-15-19-7-4-10-30-19/h3-12H,13-15H2,1-2H3,(H,23,26). The molecule has 0 spiro atoms. The van der Waals surface area contributed by atoms with E-state index in [9.17, 15) is 14.9 Å². The van der Waals surface area contributed by atoms with E-state index in [0.717, 1.165) is 16.9 Å². The minimum absolute atomic E-state index is 0.108. The third kappa shape index (κ3) is 5.45. The number of ether oxygens (including phenoxy) is 1. The maximum Gasteiger partial charge on any atom is 0.293 e. The summed E-state index contributed by atoms with van der Waals surface area (Å²) in [5.74, 6) is 0.385. The van der Waals surface area contributed by atoms with Crippen LogP contribution < -0.4 is 10.2 Å². The molecular weight excluding hydrogens is 386 g/mol. The molecule has 0 fully saturated rings. The van der Waals surface area contributed by atoms with Crippen molar-refractivity contribution >= 4 is 17.3 Å². The summed E-state index contributed by atoms with van der Waals surface area (Å²) in [7, 11) is 3.43. The van der Waals surface area contributed by atoms with Crippen LogP contribution in [0.1, 0.15) is 27.2 Å². The molecule has 8 heteroatoms. The number of nitro groups is 1. The molecule has 0 aliphatic heterocycles. The molecule has 1 aromatic heterocycles. The van der Waals surface area contributed by atoms with E-state index in [1.165, 1.54) is 6.07 Å². The van der Waals surface area contributed by atoms with E-state index >= 15 is 0 Å². The predicted molar refractivity (Wildman–Crippen MR) is 112 cm³/mol. The minimum atomic E-state index is -0.488. The lowest BCUT2D eigenvalue weighted by Crippen LogP contribution is -2.23. The van der Waals surface area contributed by atoms with E-state index in [0.29, 0.717) is 25.4 Å². The van der Waals surface area contributed by atoms with Crippen molar-refractivity contribution in [1.29, 1.82) is 0 Å². The monoisotopic (exact) mass is 409 g/mol. The molecule has 0 atom stereocenters. The van der Waals surface area contributed by atoms with Crippen molar-refractivity contribution < 1.29 is 18.9 Å². The zero-order chi connectivity index (χ0) is 21.5. The molecular formula is C22H23N3O5. The summed E-state index contributed by atoms with van der Waals surface area (Å²) >= 11 is 0. The van der Waals surface area contributed by atoms with Gasteiger partial charge in [-0.2, -0.15) is 0 Å². The van der Waals surface area contributed by atoms with Crippen molar-refractivity contribution in [2.75, 3.05) is 19.0 Å². The summed E-state index contributed by atoms with van der Waals surface area (Å²) in [6, 6.07) is 15.8. The Morgan fingerprint density at radius 3 is 2.60 bits per heavy atom. The number of furan rings is 1. The first kappa shape index (κ1) is 21.1. The Morgan fingerprint density at radius 2 is 1.90 bits per heavy atom. The summed E-state index contributed by atoms with van der Waals surface area (Å²) in [6.07, 6.45) is 1.60. The topological polar surface area (TPSA) is 97.9 Å². The lowest BCUT2D eigenvalue weighted by atomic mass is 10.1. The van der Waals surface area contributed by atoms with Gasteiger partial charge in [0.2, 0.25) is 0 Å². The maximum absolute atomic E-state index is 12.5. The predicted octanol–water partition coefficient (Wildman–Crippen LogP) is 3.90. The van der Waals surface area contributed by atoms with Crippen LogP contribution in [0.4, 0.5) is 11.4 Å². The average molecular weight is 409 g/mol. The van der Waals surface area contributed by atoms with E-state index in [1.54, 1.807) is 37.4 Å². The van der Waals surface area contributed by atoms with Gasteiger partial charge in [-0.05, 0) is 35.4 Å². The first-order valence-corrected chi connectivity index (χ1v) is 9.36. The molecule has 0 saturated heterocycles. The number of amides is 1. The number of nitrogens with zero attached hydrogens (tertiary/aromatic N) is 2. The number of nitrogens with one attached hydrogen (secondary N) is 1. The zero-order valence-corrected chi connectivity index (χ0v) is 16.8. The van der Waals surface area contributed by atoms with Crippen molar-refractivity contribution in [2.24, 2.45) is 0 Å². The second-order valence-corrected chi connectivity index (χ2v) is 6.93. The van der Waals surface area contributed by atoms with Crippen molar-refractivity contribution in [1.82, 2.24) is 5.32 Å². The van der Waals surface area contributed by atoms with Gasteiger partial charge < -0.3 is 19.4 Å². The fourth-order valence-electron chi connectivity index (χ4n) is 2.97. The fraction of sp³-hybridized carbons (Fsp3) is 0.227. The summed E-state index contributed by atoms with van der Waals surface area (Å²) in [5, 5.41) is 14.1. The number of rotatable bonds is 9. The Labute approximate surface area is 174 Å². The smallest absolute Gasteiger partial charge is 0.293 e. The van der Waals surface area contributed by atoms with Gasteiger partial charge in [-0.25, -0.2) is 0 Å². The highest BCUT2D eigenvalue weighted by atomic mass is 16.6. The van der Waals surface area contributed by atoms with Crippen LogP contribution in [0, 0.1) is 10.1 Å². The van der Waals surface area contributed by atoms with E-state index in [1.807, 2.05) is 36.4 Å². The molecule has 0 radical (unpaired) electrons. The zero-order valence-electron chi connectivity index (χ0n) is 16.8. The first-order chi connectivity index (χ1) is 14.4. The molecule has 0 saturated carbocycles. The van der Waals surface area contributed by atoms with E-state index in [4.69, 9.17) is 9.15 Å². The maximum atomic E-state index is 12.5. The molecule has 0 bridgehead atoms. The summed E-state index contributed by atoms with van der Waals surface area (Å²) < 4.78 is 10.9. The van der Waals surface area contributed by atoms with Gasteiger partial charge in [-0.3, -0.25) is 14.9 Å². The van der Waals surface area contributed by atoms with Crippen molar-refractivity contribution in [2.45, 2.75) is 19.8 Å². The van der Waals surface area contributed by atoms with E-state index < -0.39 is 4.92 Å². The normalized spacial score (nSPS) is 10.6. The van der Waals surface area contributed by atoms with Crippen LogP contribution in [0.5, 0.6) is 0 Å². The number of carbonyl (C=O) groups excluding carboxylic acids is 1. The van der Waals surface area contributed by atoms with Crippen LogP contribution in [-0.4, -0.2) is 24.9 Å². The van der Waals surface area contributed by atoms with E-state index in [-0.39, 0.29) is 17.2 Å². The van der Waals surface area contributed by atoms with Gasteiger partial charge >= 0.3 is 0 Å². The molecule has 3 rings (SSSR count). The third-order valence-electron chi connectivity index (χ3n) is 4.45. The number of carbonyl (C=O) groups is 1. The number of benzene rings is 2. The van der Waals surface area contributed by atoms with Gasteiger partial charge in [0.1, 0.15) is 18.1 Å². The Balaban J connectivity index is 1.59. The number of hydrogen-bond donors (Lipinski definition) is 1. The van der Waals surface area contributed by atoms with Gasteiger partial charge in [0, 0.05) is 32.3 Å². The molecule has 0 unspecified atom stereocenters. The van der Waals surface area contributed by atoms with Crippen molar-refractivity contribution in [3.63, 3.8) is 0 Å². The Hall–Kier alpha value is -3.65. The fourth-order valence-corrected chi connectivity index (χ4v) is 2.97. The first-order valence-electron chi connectivity index (χ1n) is 9.36. The van der Waals surface area contributed by atoms with Crippen molar-refractivity contribution in [3.05, 3.63) is 93.4 Å². The minimum Gasteiger partial charge on any atom is -0.467 e. The molecule has 30 heavy (non-hydrogen) atoms. The highest BCUT2D eigenvalue weighted by Crippen LogP contribution is 2.27. The second-order valence-electron chi connectivity index (χ2n) is 6.93. The van der Waals surface area contributed by atoms with Crippen LogP contribution in [0.3, 0.4) is 0 Å². The molecule has 2 aromatic carbocycles. The van der Waals surface area contributed by atoms with Crippen LogP contribution >= 0.6 is 0 Å². The Bertz CT molecular complexity index is 1020. The average Bonchev–Trinajstić information content (AvgIpc) is 3.25. The Morgan fingerprint density at radius 1 is 1.10 bits per heavy atom. The third-order valence-corrected chi connectivity index (χ3v) is 4.45. The highest BCUT2D eigenvalue weighted by Gasteiger charge is 2.18. The lowest BCUT2D eigenvalue weighted by molar-refractivity contribution is -0.384. The number of nitro benzene ring substituents is 1. The molecule has 1 heterocycles. The van der Waals surface area contributed by atoms with Crippen LogP contribution in [0.25, 0.3) is 0 Å². The quantitative estimate of drug-likeness (QED) is 0.425. The summed E-state index contributed by atoms with van der Waals surface area (Å²) in [6.45, 7) is 1.10. The largest absolute Gasteiger partial charge is 0.467 e. The molecule has 156 valence electrons. The number of anilines is 1. The lowest BCUT2D eigenvalue weighted by Gasteiger charge is -2.13. The van der Waals surface area contributed by atoms with Gasteiger partial charge in [0.15, 0.2) is 0 Å². The molecule has 1 N–H and O–H groups in total. The SMILES string of the molecule is CN(C)c1ccc(C(=O)NCc2cccc(COCc3ccco3)c2)cc1[N+](=O)[O-]. The summed E-state index contributed by atoms with van der Waals surface area (Å²) in [4.78, 5) is 24.9. The molecule has 0 aliphatic carbocycles. The molecule has 8 nitrogen and oxygen atoms in total. The van der Waals surface area contributed by atoms with E-state index in [2.05, 4.69) is 5.32 Å². The van der Waals surface area contributed by atoms with Gasteiger partial charge in [0.25, 0.3) is 11.6 Å². The van der Waals surface area contributed by atoms with Gasteiger partial charge in [-0.1, -0.05) is 24.3 Å². The van der Waals surface area contributed by atoms with Gasteiger partial charge in [-0.15, -0.1) is 0 Å². The summed E-state index contributed by atoms with van der Waals surface area (Å²) in [5.41, 5.74) is 2.45. The molecule has 1 amide bonds. The second kappa shape index (κ2) is 9.71. The highest BCUT2D eigenvalue weighted by molar-refractivity contribution is 5.95.